The fourth-order valence-corrected chi connectivity index (χ4v) is 1.32. The molecule has 2 atom stereocenters. The van der Waals surface area contributed by atoms with Crippen LogP contribution in [0.3, 0.4) is 0 Å². The monoisotopic (exact) mass is 187 g/mol. The lowest BCUT2D eigenvalue weighted by Crippen LogP contribution is -2.35. The Morgan fingerprint density at radius 1 is 1.23 bits per heavy atom. The van der Waals surface area contributed by atoms with E-state index >= 15 is 0 Å². The number of ether oxygens (including phenoxy) is 1. The summed E-state index contributed by atoms with van der Waals surface area (Å²) >= 11 is 0. The molecule has 0 radical (unpaired) electrons. The SMILES string of the molecule is CC.CC1CNCC(C)(C)C(C)O1. The number of nitrogens with one attached hydrogen (secondary N) is 1. The Morgan fingerprint density at radius 3 is 2.31 bits per heavy atom. The molecule has 1 aliphatic rings. The Labute approximate surface area is 83.1 Å². The lowest BCUT2D eigenvalue weighted by Gasteiger charge is -2.29. The van der Waals surface area contributed by atoms with E-state index in [9.17, 15) is 0 Å². The van der Waals surface area contributed by atoms with E-state index in [1.807, 2.05) is 13.8 Å². The molecule has 2 heteroatoms. The van der Waals surface area contributed by atoms with Crippen LogP contribution in [0.4, 0.5) is 0 Å². The van der Waals surface area contributed by atoms with Gasteiger partial charge in [-0.15, -0.1) is 0 Å². The van der Waals surface area contributed by atoms with E-state index in [1.54, 1.807) is 0 Å². The van der Waals surface area contributed by atoms with Crippen LogP contribution in [0.1, 0.15) is 41.5 Å². The second-order valence-electron chi connectivity index (χ2n) is 4.21. The zero-order chi connectivity index (χ0) is 10.5. The first kappa shape index (κ1) is 12.9. The summed E-state index contributed by atoms with van der Waals surface area (Å²) < 4.78 is 5.76. The molecule has 1 N–H and O–H groups in total. The van der Waals surface area contributed by atoms with E-state index in [0.717, 1.165) is 13.1 Å². The molecular weight excluding hydrogens is 162 g/mol. The topological polar surface area (TPSA) is 21.3 Å². The van der Waals surface area contributed by atoms with Crippen LogP contribution >= 0.6 is 0 Å². The fraction of sp³-hybridized carbons (Fsp3) is 1.00. The Kier molecular flexibility index (Phi) is 5.57. The molecule has 0 saturated carbocycles. The standard InChI is InChI=1S/C9H19NO.C2H6/c1-7-5-10-6-9(3,4)8(2)11-7;1-2/h7-8,10H,5-6H2,1-4H3;1-2H3. The van der Waals surface area contributed by atoms with E-state index in [-0.39, 0.29) is 5.41 Å². The molecule has 0 bridgehead atoms. The second kappa shape index (κ2) is 5.61. The second-order valence-corrected chi connectivity index (χ2v) is 4.21. The van der Waals surface area contributed by atoms with E-state index in [0.29, 0.717) is 12.2 Å². The summed E-state index contributed by atoms with van der Waals surface area (Å²) in [4.78, 5) is 0. The van der Waals surface area contributed by atoms with Gasteiger partial charge in [0.2, 0.25) is 0 Å². The Balaban J connectivity index is 0.000000671. The van der Waals surface area contributed by atoms with Crippen LogP contribution in [-0.4, -0.2) is 25.3 Å². The van der Waals surface area contributed by atoms with Crippen molar-refractivity contribution in [3.8, 4) is 0 Å². The summed E-state index contributed by atoms with van der Waals surface area (Å²) in [5.41, 5.74) is 0.269. The minimum absolute atomic E-state index is 0.269. The largest absolute Gasteiger partial charge is 0.374 e. The molecule has 1 heterocycles. The molecule has 0 aromatic heterocycles. The average molecular weight is 187 g/mol. The maximum Gasteiger partial charge on any atom is 0.0675 e. The van der Waals surface area contributed by atoms with Crippen LogP contribution in [0.5, 0.6) is 0 Å². The van der Waals surface area contributed by atoms with Crippen molar-refractivity contribution in [2.75, 3.05) is 13.1 Å². The summed E-state index contributed by atoms with van der Waals surface area (Å²) in [5, 5.41) is 3.39. The van der Waals surface area contributed by atoms with Crippen LogP contribution in [-0.2, 0) is 4.74 Å². The van der Waals surface area contributed by atoms with Gasteiger partial charge in [-0.2, -0.15) is 0 Å². The zero-order valence-corrected chi connectivity index (χ0v) is 9.98. The first-order chi connectivity index (χ1) is 6.02. The molecule has 0 aromatic carbocycles. The van der Waals surface area contributed by atoms with Crippen molar-refractivity contribution in [3.05, 3.63) is 0 Å². The maximum absolute atomic E-state index is 5.76. The van der Waals surface area contributed by atoms with Crippen molar-refractivity contribution >= 4 is 0 Å². The molecule has 0 aromatic rings. The number of hydrogen-bond donors (Lipinski definition) is 1. The third kappa shape index (κ3) is 4.10. The normalized spacial score (nSPS) is 32.8. The number of hydrogen-bond acceptors (Lipinski definition) is 2. The van der Waals surface area contributed by atoms with Crippen molar-refractivity contribution in [3.63, 3.8) is 0 Å². The first-order valence-electron chi connectivity index (χ1n) is 5.38. The van der Waals surface area contributed by atoms with Crippen molar-refractivity contribution in [1.29, 1.82) is 0 Å². The van der Waals surface area contributed by atoms with Gasteiger partial charge in [0, 0.05) is 18.5 Å². The third-order valence-electron chi connectivity index (χ3n) is 2.55. The van der Waals surface area contributed by atoms with Crippen LogP contribution in [0.25, 0.3) is 0 Å². The van der Waals surface area contributed by atoms with Crippen molar-refractivity contribution < 1.29 is 4.74 Å². The van der Waals surface area contributed by atoms with Gasteiger partial charge in [-0.3, -0.25) is 0 Å². The first-order valence-corrected chi connectivity index (χ1v) is 5.38. The van der Waals surface area contributed by atoms with Gasteiger partial charge in [-0.1, -0.05) is 27.7 Å². The highest BCUT2D eigenvalue weighted by Gasteiger charge is 2.30. The lowest BCUT2D eigenvalue weighted by atomic mass is 9.87. The van der Waals surface area contributed by atoms with Crippen LogP contribution < -0.4 is 5.32 Å². The van der Waals surface area contributed by atoms with Crippen molar-refractivity contribution in [2.45, 2.75) is 53.8 Å². The molecule has 13 heavy (non-hydrogen) atoms. The molecule has 2 nitrogen and oxygen atoms in total. The molecule has 0 aliphatic carbocycles. The van der Waals surface area contributed by atoms with E-state index < -0.39 is 0 Å². The van der Waals surface area contributed by atoms with Crippen LogP contribution in [0, 0.1) is 5.41 Å². The van der Waals surface area contributed by atoms with Crippen molar-refractivity contribution in [1.82, 2.24) is 5.32 Å². The average Bonchev–Trinajstić information content (AvgIpc) is 2.16. The molecule has 2 unspecified atom stereocenters. The van der Waals surface area contributed by atoms with Gasteiger partial charge in [-0.05, 0) is 13.8 Å². The van der Waals surface area contributed by atoms with Gasteiger partial charge >= 0.3 is 0 Å². The van der Waals surface area contributed by atoms with Gasteiger partial charge in [0.15, 0.2) is 0 Å². The Hall–Kier alpha value is -0.0800. The molecule has 1 rings (SSSR count). The van der Waals surface area contributed by atoms with E-state index in [2.05, 4.69) is 33.0 Å². The smallest absolute Gasteiger partial charge is 0.0675 e. The summed E-state index contributed by atoms with van der Waals surface area (Å²) in [6.07, 6.45) is 0.708. The summed E-state index contributed by atoms with van der Waals surface area (Å²) in [5.74, 6) is 0. The molecular formula is C11H25NO. The highest BCUT2D eigenvalue weighted by atomic mass is 16.5. The minimum atomic E-state index is 0.269. The third-order valence-corrected chi connectivity index (χ3v) is 2.55. The summed E-state index contributed by atoms with van der Waals surface area (Å²) in [7, 11) is 0. The van der Waals surface area contributed by atoms with E-state index in [1.165, 1.54) is 0 Å². The quantitative estimate of drug-likeness (QED) is 0.629. The Morgan fingerprint density at radius 2 is 1.77 bits per heavy atom. The van der Waals surface area contributed by atoms with E-state index in [4.69, 9.17) is 4.74 Å². The highest BCUT2D eigenvalue weighted by Crippen LogP contribution is 2.24. The van der Waals surface area contributed by atoms with Crippen molar-refractivity contribution in [2.24, 2.45) is 5.41 Å². The predicted molar refractivity (Wildman–Crippen MR) is 58.0 cm³/mol. The summed E-state index contributed by atoms with van der Waals surface area (Å²) in [6, 6.07) is 0. The van der Waals surface area contributed by atoms with Gasteiger partial charge in [0.1, 0.15) is 0 Å². The molecule has 1 aliphatic heterocycles. The van der Waals surface area contributed by atoms with Crippen LogP contribution in [0.2, 0.25) is 0 Å². The maximum atomic E-state index is 5.76. The predicted octanol–water partition coefficient (Wildman–Crippen LogP) is 2.44. The molecule has 0 amide bonds. The summed E-state index contributed by atoms with van der Waals surface area (Å²) in [6.45, 7) is 14.8. The van der Waals surface area contributed by atoms with Gasteiger partial charge in [0.25, 0.3) is 0 Å². The molecule has 1 fully saturated rings. The van der Waals surface area contributed by atoms with Crippen LogP contribution in [0.15, 0.2) is 0 Å². The Bertz CT molecular complexity index is 134. The lowest BCUT2D eigenvalue weighted by molar-refractivity contribution is -0.0320. The molecule has 1 saturated heterocycles. The van der Waals surface area contributed by atoms with Gasteiger partial charge < -0.3 is 10.1 Å². The van der Waals surface area contributed by atoms with Gasteiger partial charge in [0.05, 0.1) is 12.2 Å². The highest BCUT2D eigenvalue weighted by molar-refractivity contribution is 4.82. The fourth-order valence-electron chi connectivity index (χ4n) is 1.32. The van der Waals surface area contributed by atoms with Gasteiger partial charge in [-0.25, -0.2) is 0 Å². The molecule has 80 valence electrons. The minimum Gasteiger partial charge on any atom is -0.374 e. The molecule has 0 spiro atoms. The zero-order valence-electron chi connectivity index (χ0n) is 9.98. The number of rotatable bonds is 0.